The molecule has 0 heterocycles. The number of benzene rings is 2. The fourth-order valence-corrected chi connectivity index (χ4v) is 2.45. The van der Waals surface area contributed by atoms with E-state index in [-0.39, 0.29) is 30.4 Å². The lowest BCUT2D eigenvalue weighted by atomic mass is 10.1. The van der Waals surface area contributed by atoms with Crippen LogP contribution in [0.5, 0.6) is 17.2 Å². The summed E-state index contributed by atoms with van der Waals surface area (Å²) in [6.45, 7) is 1.50. The van der Waals surface area contributed by atoms with E-state index in [1.807, 2.05) is 0 Å². The number of carbonyl (C=O) groups is 2. The summed E-state index contributed by atoms with van der Waals surface area (Å²) in [6.07, 6.45) is 0. The number of rotatable bonds is 8. The SMILES string of the molecule is COc1cc(NC(C)=O)c(C(=O)OCCOc2cccc(Cl)c2)cc1OC. The second-order valence-corrected chi connectivity index (χ2v) is 5.81. The number of halogens is 1. The Labute approximate surface area is 162 Å². The molecule has 0 fully saturated rings. The van der Waals surface area contributed by atoms with E-state index in [4.69, 9.17) is 30.5 Å². The summed E-state index contributed by atoms with van der Waals surface area (Å²) in [4.78, 5) is 23.9. The molecule has 0 aliphatic heterocycles. The van der Waals surface area contributed by atoms with Gasteiger partial charge in [0.1, 0.15) is 19.0 Å². The van der Waals surface area contributed by atoms with Gasteiger partial charge in [0.25, 0.3) is 0 Å². The van der Waals surface area contributed by atoms with E-state index in [0.717, 1.165) is 0 Å². The van der Waals surface area contributed by atoms with Crippen LogP contribution in [0.3, 0.4) is 0 Å². The summed E-state index contributed by atoms with van der Waals surface area (Å²) in [5.41, 5.74) is 0.409. The Morgan fingerprint density at radius 2 is 1.74 bits per heavy atom. The number of amides is 1. The van der Waals surface area contributed by atoms with Crippen LogP contribution in [0.15, 0.2) is 36.4 Å². The van der Waals surface area contributed by atoms with E-state index in [2.05, 4.69) is 5.32 Å². The summed E-state index contributed by atoms with van der Waals surface area (Å²) < 4.78 is 21.1. The number of ether oxygens (including phenoxy) is 4. The second-order valence-electron chi connectivity index (χ2n) is 5.38. The average Bonchev–Trinajstić information content (AvgIpc) is 2.64. The van der Waals surface area contributed by atoms with E-state index >= 15 is 0 Å². The molecule has 1 N–H and O–H groups in total. The highest BCUT2D eigenvalue weighted by Gasteiger charge is 2.19. The van der Waals surface area contributed by atoms with Crippen LogP contribution in [0.4, 0.5) is 5.69 Å². The van der Waals surface area contributed by atoms with Crippen LogP contribution in [0.2, 0.25) is 5.02 Å². The summed E-state index contributed by atoms with van der Waals surface area (Å²) >= 11 is 5.88. The minimum atomic E-state index is -0.630. The Morgan fingerprint density at radius 1 is 1.04 bits per heavy atom. The van der Waals surface area contributed by atoms with E-state index in [1.165, 1.54) is 33.3 Å². The van der Waals surface area contributed by atoms with Crippen LogP contribution >= 0.6 is 11.6 Å². The van der Waals surface area contributed by atoms with Crippen molar-refractivity contribution in [3.63, 3.8) is 0 Å². The number of anilines is 1. The van der Waals surface area contributed by atoms with Crippen molar-refractivity contribution >= 4 is 29.2 Å². The predicted molar refractivity (Wildman–Crippen MR) is 101 cm³/mol. The molecule has 0 aromatic heterocycles. The molecule has 0 bridgehead atoms. The number of carbonyl (C=O) groups excluding carboxylic acids is 2. The maximum Gasteiger partial charge on any atom is 0.340 e. The van der Waals surface area contributed by atoms with Crippen LogP contribution in [-0.4, -0.2) is 39.3 Å². The Hall–Kier alpha value is -2.93. The molecule has 144 valence electrons. The van der Waals surface area contributed by atoms with E-state index in [0.29, 0.717) is 22.3 Å². The van der Waals surface area contributed by atoms with Crippen molar-refractivity contribution in [2.24, 2.45) is 0 Å². The molecule has 0 aliphatic carbocycles. The third-order valence-corrected chi connectivity index (χ3v) is 3.67. The fourth-order valence-electron chi connectivity index (χ4n) is 2.27. The molecule has 27 heavy (non-hydrogen) atoms. The largest absolute Gasteiger partial charge is 0.493 e. The highest BCUT2D eigenvalue weighted by atomic mass is 35.5. The fraction of sp³-hybridized carbons (Fsp3) is 0.263. The van der Waals surface area contributed by atoms with Gasteiger partial charge < -0.3 is 24.3 Å². The zero-order valence-corrected chi connectivity index (χ0v) is 16.0. The topological polar surface area (TPSA) is 83.1 Å². The molecule has 2 aromatic rings. The molecule has 0 spiro atoms. The predicted octanol–water partition coefficient (Wildman–Crippen LogP) is 3.55. The highest BCUT2D eigenvalue weighted by molar-refractivity contribution is 6.30. The Bertz CT molecular complexity index is 824. The zero-order valence-electron chi connectivity index (χ0n) is 15.2. The first-order chi connectivity index (χ1) is 12.9. The third kappa shape index (κ3) is 5.79. The summed E-state index contributed by atoms with van der Waals surface area (Å²) in [6, 6.07) is 9.84. The van der Waals surface area contributed by atoms with Gasteiger partial charge >= 0.3 is 5.97 Å². The minimum Gasteiger partial charge on any atom is -0.493 e. The lowest BCUT2D eigenvalue weighted by molar-refractivity contribution is -0.114. The van der Waals surface area contributed by atoms with Crippen molar-refractivity contribution in [2.45, 2.75) is 6.92 Å². The molecule has 0 saturated heterocycles. The first kappa shape index (κ1) is 20.4. The maximum atomic E-state index is 12.4. The Kier molecular flexibility index (Phi) is 7.31. The van der Waals surface area contributed by atoms with E-state index in [9.17, 15) is 9.59 Å². The van der Waals surface area contributed by atoms with Crippen LogP contribution in [-0.2, 0) is 9.53 Å². The van der Waals surface area contributed by atoms with Gasteiger partial charge in [-0.1, -0.05) is 17.7 Å². The summed E-state index contributed by atoms with van der Waals surface area (Å²) in [5.74, 6) is 0.328. The molecule has 8 heteroatoms. The first-order valence-corrected chi connectivity index (χ1v) is 8.41. The van der Waals surface area contributed by atoms with Gasteiger partial charge in [0.05, 0.1) is 25.5 Å². The number of methoxy groups -OCH3 is 2. The third-order valence-electron chi connectivity index (χ3n) is 3.44. The van der Waals surface area contributed by atoms with Crippen LogP contribution in [0.1, 0.15) is 17.3 Å². The summed E-state index contributed by atoms with van der Waals surface area (Å²) in [5, 5.41) is 3.13. The molecular weight excluding hydrogens is 374 g/mol. The molecule has 2 rings (SSSR count). The zero-order chi connectivity index (χ0) is 19.8. The van der Waals surface area contributed by atoms with Crippen molar-refractivity contribution in [2.75, 3.05) is 32.8 Å². The minimum absolute atomic E-state index is 0.0131. The highest BCUT2D eigenvalue weighted by Crippen LogP contribution is 2.33. The van der Waals surface area contributed by atoms with Crippen molar-refractivity contribution < 1.29 is 28.5 Å². The molecule has 0 aliphatic rings. The van der Waals surface area contributed by atoms with Crippen molar-refractivity contribution in [1.29, 1.82) is 0 Å². The van der Waals surface area contributed by atoms with E-state index < -0.39 is 5.97 Å². The Balaban J connectivity index is 2.06. The molecule has 0 atom stereocenters. The molecule has 0 saturated carbocycles. The quantitative estimate of drug-likeness (QED) is 0.545. The van der Waals surface area contributed by atoms with Gasteiger partial charge in [0.15, 0.2) is 11.5 Å². The normalized spacial score (nSPS) is 10.1. The smallest absolute Gasteiger partial charge is 0.340 e. The molecule has 7 nitrogen and oxygen atoms in total. The molecule has 0 unspecified atom stereocenters. The molecular formula is C19H20ClNO6. The van der Waals surface area contributed by atoms with Crippen LogP contribution < -0.4 is 19.5 Å². The maximum absolute atomic E-state index is 12.4. The standard InChI is InChI=1S/C19H20ClNO6/c1-12(22)21-16-11-18(25-3)17(24-2)10-15(16)19(23)27-8-7-26-14-6-4-5-13(20)9-14/h4-6,9-11H,7-8H2,1-3H3,(H,21,22). The monoisotopic (exact) mass is 393 g/mol. The van der Waals surface area contributed by atoms with E-state index in [1.54, 1.807) is 24.3 Å². The van der Waals surface area contributed by atoms with Crippen molar-refractivity contribution in [3.05, 3.63) is 47.0 Å². The molecule has 2 aromatic carbocycles. The molecule has 1 amide bonds. The van der Waals surface area contributed by atoms with Crippen molar-refractivity contribution in [1.82, 2.24) is 0 Å². The van der Waals surface area contributed by atoms with Gasteiger partial charge in [-0.3, -0.25) is 4.79 Å². The van der Waals surface area contributed by atoms with Crippen LogP contribution in [0, 0.1) is 0 Å². The first-order valence-electron chi connectivity index (χ1n) is 8.03. The molecule has 0 radical (unpaired) electrons. The van der Waals surface area contributed by atoms with Gasteiger partial charge in [-0.15, -0.1) is 0 Å². The summed E-state index contributed by atoms with van der Waals surface area (Å²) in [7, 11) is 2.91. The average molecular weight is 394 g/mol. The Morgan fingerprint density at radius 3 is 2.37 bits per heavy atom. The lowest BCUT2D eigenvalue weighted by Gasteiger charge is -2.15. The van der Waals surface area contributed by atoms with Crippen molar-refractivity contribution in [3.8, 4) is 17.2 Å². The number of hydrogen-bond acceptors (Lipinski definition) is 6. The van der Waals surface area contributed by atoms with Gasteiger partial charge in [-0.25, -0.2) is 4.79 Å². The van der Waals surface area contributed by atoms with Gasteiger partial charge in [-0.05, 0) is 18.2 Å². The number of esters is 1. The van der Waals surface area contributed by atoms with Gasteiger partial charge in [0, 0.05) is 24.1 Å². The second kappa shape index (κ2) is 9.68. The van der Waals surface area contributed by atoms with Crippen LogP contribution in [0.25, 0.3) is 0 Å². The lowest BCUT2D eigenvalue weighted by Crippen LogP contribution is -2.16. The van der Waals surface area contributed by atoms with Gasteiger partial charge in [0.2, 0.25) is 5.91 Å². The number of nitrogens with one attached hydrogen (secondary N) is 1. The van der Waals surface area contributed by atoms with Gasteiger partial charge in [-0.2, -0.15) is 0 Å². The number of hydrogen-bond donors (Lipinski definition) is 1.